The number of amides is 2. The van der Waals surface area contributed by atoms with Gasteiger partial charge in [0.2, 0.25) is 11.8 Å². The first-order valence-corrected chi connectivity index (χ1v) is 10.5. The Hall–Kier alpha value is -3.51. The quantitative estimate of drug-likeness (QED) is 0.363. The number of carbonyl (C=O) groups is 2. The highest BCUT2D eigenvalue weighted by molar-refractivity contribution is 7.80. The zero-order chi connectivity index (χ0) is 22.2. The smallest absolute Gasteiger partial charge is 0.250 e. The number of benzene rings is 3. The van der Waals surface area contributed by atoms with E-state index in [2.05, 4.69) is 16.0 Å². The van der Waals surface area contributed by atoms with E-state index < -0.39 is 0 Å². The third-order valence-corrected chi connectivity index (χ3v) is 4.70. The van der Waals surface area contributed by atoms with Gasteiger partial charge in [-0.1, -0.05) is 56.3 Å². The number of thiocarbonyl (C=S) groups is 1. The molecule has 0 aliphatic rings. The Labute approximate surface area is 187 Å². The summed E-state index contributed by atoms with van der Waals surface area (Å²) >= 11 is 5.22. The molecule has 0 fully saturated rings. The molecule has 5 nitrogen and oxygen atoms in total. The van der Waals surface area contributed by atoms with Gasteiger partial charge in [-0.15, -0.1) is 0 Å². The Kier molecular flexibility index (Phi) is 7.51. The summed E-state index contributed by atoms with van der Waals surface area (Å²) < 4.78 is 0. The summed E-state index contributed by atoms with van der Waals surface area (Å²) in [5.41, 5.74) is 2.39. The Bertz CT molecular complexity index is 1120. The number of carbonyl (C=O) groups excluding carboxylic acids is 2. The lowest BCUT2D eigenvalue weighted by molar-refractivity contribution is -0.117. The van der Waals surface area contributed by atoms with Gasteiger partial charge in [-0.3, -0.25) is 14.9 Å². The number of hydrogen-bond acceptors (Lipinski definition) is 3. The van der Waals surface area contributed by atoms with Crippen molar-refractivity contribution < 1.29 is 9.59 Å². The Balaban J connectivity index is 1.53. The lowest BCUT2D eigenvalue weighted by Gasteiger charge is -2.10. The van der Waals surface area contributed by atoms with Gasteiger partial charge in [-0.2, -0.15) is 0 Å². The third-order valence-electron chi connectivity index (χ3n) is 4.49. The van der Waals surface area contributed by atoms with Crippen molar-refractivity contribution in [3.63, 3.8) is 0 Å². The fourth-order valence-corrected chi connectivity index (χ4v) is 3.32. The maximum absolute atomic E-state index is 12.2. The van der Waals surface area contributed by atoms with Crippen molar-refractivity contribution in [2.24, 2.45) is 5.92 Å². The van der Waals surface area contributed by atoms with Crippen LogP contribution in [-0.2, 0) is 9.59 Å². The van der Waals surface area contributed by atoms with Crippen LogP contribution in [0.2, 0.25) is 0 Å². The number of fused-ring (bicyclic) bond motifs is 1. The van der Waals surface area contributed by atoms with Crippen molar-refractivity contribution in [2.45, 2.75) is 20.3 Å². The molecule has 3 rings (SSSR count). The molecule has 0 aromatic heterocycles. The molecule has 3 aromatic rings. The van der Waals surface area contributed by atoms with E-state index in [9.17, 15) is 9.59 Å². The van der Waals surface area contributed by atoms with Crippen LogP contribution in [0.4, 0.5) is 11.4 Å². The molecule has 0 radical (unpaired) electrons. The summed E-state index contributed by atoms with van der Waals surface area (Å²) in [6.07, 6.45) is 3.71. The van der Waals surface area contributed by atoms with Crippen LogP contribution < -0.4 is 16.0 Å². The fraction of sp³-hybridized carbons (Fsp3) is 0.160. The van der Waals surface area contributed by atoms with Crippen molar-refractivity contribution in [2.75, 3.05) is 10.6 Å². The molecule has 0 saturated heterocycles. The maximum Gasteiger partial charge on any atom is 0.250 e. The molecule has 158 valence electrons. The molecule has 0 unspecified atom stereocenters. The fourth-order valence-electron chi connectivity index (χ4n) is 3.10. The highest BCUT2D eigenvalue weighted by atomic mass is 32.1. The molecule has 2 amide bonds. The van der Waals surface area contributed by atoms with E-state index in [1.165, 1.54) is 6.08 Å². The molecule has 0 atom stereocenters. The molecule has 3 N–H and O–H groups in total. The first kappa shape index (κ1) is 22.2. The SMILES string of the molecule is CC(C)CC(=O)Nc1ccc(NC(=S)NC(=O)/C=C/c2cccc3ccccc23)cc1. The number of anilines is 2. The van der Waals surface area contributed by atoms with E-state index in [-0.39, 0.29) is 16.9 Å². The molecular weight excluding hydrogens is 406 g/mol. The number of hydrogen-bond donors (Lipinski definition) is 3. The van der Waals surface area contributed by atoms with Crippen LogP contribution in [-0.4, -0.2) is 16.9 Å². The van der Waals surface area contributed by atoms with E-state index in [0.29, 0.717) is 23.7 Å². The molecule has 0 aliphatic carbocycles. The van der Waals surface area contributed by atoms with Gasteiger partial charge in [0.15, 0.2) is 5.11 Å². The minimum Gasteiger partial charge on any atom is -0.332 e. The van der Waals surface area contributed by atoms with Crippen molar-refractivity contribution in [3.8, 4) is 0 Å². The monoisotopic (exact) mass is 431 g/mol. The molecule has 0 spiro atoms. The highest BCUT2D eigenvalue weighted by Gasteiger charge is 2.06. The van der Waals surface area contributed by atoms with E-state index >= 15 is 0 Å². The van der Waals surface area contributed by atoms with Crippen molar-refractivity contribution >= 4 is 57.4 Å². The predicted octanol–water partition coefficient (Wildman–Crippen LogP) is 5.35. The first-order chi connectivity index (χ1) is 14.9. The molecule has 31 heavy (non-hydrogen) atoms. The minimum absolute atomic E-state index is 0.0172. The molecule has 6 heteroatoms. The van der Waals surface area contributed by atoms with Gasteiger partial charge in [0.25, 0.3) is 0 Å². The van der Waals surface area contributed by atoms with Gasteiger partial charge in [0, 0.05) is 23.9 Å². The Morgan fingerprint density at radius 1 is 0.903 bits per heavy atom. The van der Waals surface area contributed by atoms with Crippen LogP contribution in [0.3, 0.4) is 0 Å². The van der Waals surface area contributed by atoms with E-state index in [1.807, 2.05) is 56.3 Å². The summed E-state index contributed by atoms with van der Waals surface area (Å²) in [6, 6.07) is 21.1. The highest BCUT2D eigenvalue weighted by Crippen LogP contribution is 2.19. The Morgan fingerprint density at radius 2 is 1.55 bits per heavy atom. The van der Waals surface area contributed by atoms with Gasteiger partial charge < -0.3 is 10.6 Å². The lowest BCUT2D eigenvalue weighted by atomic mass is 10.0. The topological polar surface area (TPSA) is 70.2 Å². The number of rotatable bonds is 6. The van der Waals surface area contributed by atoms with Crippen LogP contribution in [0, 0.1) is 5.92 Å². The minimum atomic E-state index is -0.317. The third kappa shape index (κ3) is 6.76. The molecule has 0 bridgehead atoms. The summed E-state index contributed by atoms with van der Waals surface area (Å²) in [4.78, 5) is 24.1. The second kappa shape index (κ2) is 10.5. The van der Waals surface area contributed by atoms with Crippen molar-refractivity contribution in [3.05, 3.63) is 78.4 Å². The van der Waals surface area contributed by atoms with Crippen molar-refractivity contribution in [1.82, 2.24) is 5.32 Å². The zero-order valence-electron chi connectivity index (χ0n) is 17.5. The molecule has 0 heterocycles. The average Bonchev–Trinajstić information content (AvgIpc) is 2.73. The molecule has 3 aromatic carbocycles. The van der Waals surface area contributed by atoms with Crippen LogP contribution in [0.5, 0.6) is 0 Å². The van der Waals surface area contributed by atoms with Crippen molar-refractivity contribution in [1.29, 1.82) is 0 Å². The average molecular weight is 432 g/mol. The summed E-state index contributed by atoms with van der Waals surface area (Å²) in [5, 5.41) is 10.9. The van der Waals surface area contributed by atoms with Gasteiger partial charge >= 0.3 is 0 Å². The standard InChI is InChI=1S/C25H25N3O2S/c1-17(2)16-24(30)26-20-11-13-21(14-12-20)27-25(31)28-23(29)15-10-19-8-5-7-18-6-3-4-9-22(18)19/h3-15,17H,16H2,1-2H3,(H,26,30)(H2,27,28,29,31)/b15-10+. The van der Waals surface area contributed by atoms with Gasteiger partial charge in [0.05, 0.1) is 0 Å². The maximum atomic E-state index is 12.2. The molecule has 0 aliphatic heterocycles. The largest absolute Gasteiger partial charge is 0.332 e. The zero-order valence-corrected chi connectivity index (χ0v) is 18.3. The summed E-state index contributed by atoms with van der Waals surface area (Å²) in [5.74, 6) is -0.0314. The van der Waals surface area contributed by atoms with E-state index in [4.69, 9.17) is 12.2 Å². The first-order valence-electron chi connectivity index (χ1n) is 10.1. The second-order valence-electron chi connectivity index (χ2n) is 7.57. The molecular formula is C25H25N3O2S. The van der Waals surface area contributed by atoms with Gasteiger partial charge in [0.1, 0.15) is 0 Å². The summed E-state index contributed by atoms with van der Waals surface area (Å²) in [7, 11) is 0. The van der Waals surface area contributed by atoms with E-state index in [0.717, 1.165) is 16.3 Å². The lowest BCUT2D eigenvalue weighted by Crippen LogP contribution is -2.32. The van der Waals surface area contributed by atoms with Crippen LogP contribution in [0.1, 0.15) is 25.8 Å². The number of nitrogens with one attached hydrogen (secondary N) is 3. The van der Waals surface area contributed by atoms with Crippen LogP contribution in [0.15, 0.2) is 72.8 Å². The molecule has 0 saturated carbocycles. The van der Waals surface area contributed by atoms with E-state index in [1.54, 1.807) is 30.3 Å². The summed E-state index contributed by atoms with van der Waals surface area (Å²) in [6.45, 7) is 4.00. The van der Waals surface area contributed by atoms with Crippen LogP contribution in [0.25, 0.3) is 16.8 Å². The van der Waals surface area contributed by atoms with Gasteiger partial charge in [-0.25, -0.2) is 0 Å². The predicted molar refractivity (Wildman–Crippen MR) is 132 cm³/mol. The Morgan fingerprint density at radius 3 is 2.26 bits per heavy atom. The second-order valence-corrected chi connectivity index (χ2v) is 7.98. The van der Waals surface area contributed by atoms with Crippen LogP contribution >= 0.6 is 12.2 Å². The normalized spacial score (nSPS) is 10.9. The van der Waals surface area contributed by atoms with Gasteiger partial charge in [-0.05, 0) is 64.8 Å².